The summed E-state index contributed by atoms with van der Waals surface area (Å²) in [5.41, 5.74) is 2.29. The van der Waals surface area contributed by atoms with Crippen molar-refractivity contribution < 1.29 is 9.72 Å². The smallest absolute Gasteiger partial charge is 0.358 e. The molecule has 1 N–H and O–H groups in total. The van der Waals surface area contributed by atoms with Crippen LogP contribution < -0.4 is 5.32 Å². The summed E-state index contributed by atoms with van der Waals surface area (Å²) >= 11 is 12.0. The number of anilines is 1. The maximum atomic E-state index is 12.8. The van der Waals surface area contributed by atoms with Crippen LogP contribution in [0, 0.1) is 24.0 Å². The molecule has 0 fully saturated rings. The molecule has 1 atom stereocenters. The molecule has 0 bridgehead atoms. The number of carbonyl (C=O) groups is 1. The van der Waals surface area contributed by atoms with E-state index >= 15 is 0 Å². The fraction of sp³-hybridized carbons (Fsp3) is 0.316. The average Bonchev–Trinajstić information content (AvgIpc) is 3.22. The topological polar surface area (TPSA) is 108 Å². The van der Waals surface area contributed by atoms with Gasteiger partial charge in [-0.2, -0.15) is 9.78 Å². The van der Waals surface area contributed by atoms with Gasteiger partial charge in [-0.3, -0.25) is 9.48 Å². The van der Waals surface area contributed by atoms with Crippen LogP contribution >= 0.6 is 23.2 Å². The highest BCUT2D eigenvalue weighted by molar-refractivity contribution is 6.42. The van der Waals surface area contributed by atoms with Crippen LogP contribution in [0.1, 0.15) is 36.3 Å². The largest absolute Gasteiger partial charge is 0.390 e. The minimum Gasteiger partial charge on any atom is -0.358 e. The number of carbonyl (C=O) groups excluding carboxylic acids is 1. The highest BCUT2D eigenvalue weighted by Gasteiger charge is 2.27. The second-order valence-electron chi connectivity index (χ2n) is 6.84. The van der Waals surface area contributed by atoms with E-state index in [0.717, 1.165) is 11.3 Å². The van der Waals surface area contributed by atoms with Crippen molar-refractivity contribution in [3.05, 3.63) is 67.4 Å². The van der Waals surface area contributed by atoms with Crippen LogP contribution in [-0.4, -0.2) is 30.4 Å². The van der Waals surface area contributed by atoms with Gasteiger partial charge in [0.05, 0.1) is 33.4 Å². The van der Waals surface area contributed by atoms with Crippen molar-refractivity contribution in [1.29, 1.82) is 0 Å². The lowest BCUT2D eigenvalue weighted by Crippen LogP contribution is -2.27. The molecular formula is C19H20Cl2N6O3. The molecule has 11 heteroatoms. The molecule has 0 aliphatic rings. The molecule has 0 radical (unpaired) electrons. The summed E-state index contributed by atoms with van der Waals surface area (Å²) in [6.07, 6.45) is 0.411. The molecule has 2 heterocycles. The molecule has 0 saturated carbocycles. The molecule has 1 aromatic carbocycles. The van der Waals surface area contributed by atoms with Crippen molar-refractivity contribution in [2.24, 2.45) is 0 Å². The highest BCUT2D eigenvalue weighted by atomic mass is 35.5. The van der Waals surface area contributed by atoms with Gasteiger partial charge >= 0.3 is 5.82 Å². The third-order valence-electron chi connectivity index (χ3n) is 4.63. The summed E-state index contributed by atoms with van der Waals surface area (Å²) < 4.78 is 3.10. The number of benzene rings is 1. The molecule has 9 nitrogen and oxygen atoms in total. The average molecular weight is 451 g/mol. The fourth-order valence-electron chi connectivity index (χ4n) is 3.10. The quantitative estimate of drug-likeness (QED) is 0.419. The second kappa shape index (κ2) is 8.85. The number of amides is 1. The molecule has 2 aromatic heterocycles. The lowest BCUT2D eigenvalue weighted by atomic mass is 10.2. The van der Waals surface area contributed by atoms with Gasteiger partial charge in [0.25, 0.3) is 5.91 Å². The van der Waals surface area contributed by atoms with Crippen molar-refractivity contribution in [3.63, 3.8) is 0 Å². The van der Waals surface area contributed by atoms with Crippen LogP contribution in [0.5, 0.6) is 0 Å². The van der Waals surface area contributed by atoms with Gasteiger partial charge in [-0.05, 0) is 42.9 Å². The Balaban J connectivity index is 1.77. The molecule has 30 heavy (non-hydrogen) atoms. The van der Waals surface area contributed by atoms with E-state index in [1.807, 2.05) is 19.9 Å². The van der Waals surface area contributed by atoms with Crippen molar-refractivity contribution in [3.8, 4) is 0 Å². The number of nitro groups is 1. The zero-order chi connectivity index (χ0) is 22.0. The number of nitrogens with zero attached hydrogens (tertiary/aromatic N) is 5. The zero-order valence-electron chi connectivity index (χ0n) is 16.6. The summed E-state index contributed by atoms with van der Waals surface area (Å²) in [5, 5.41) is 23.1. The molecule has 3 rings (SSSR count). The Morgan fingerprint density at radius 1 is 1.17 bits per heavy atom. The second-order valence-corrected chi connectivity index (χ2v) is 7.65. The van der Waals surface area contributed by atoms with E-state index in [4.69, 9.17) is 23.2 Å². The van der Waals surface area contributed by atoms with E-state index in [0.29, 0.717) is 34.5 Å². The first kappa shape index (κ1) is 21.8. The minimum atomic E-state index is -0.695. The van der Waals surface area contributed by atoms with Crippen LogP contribution in [-0.2, 0) is 11.3 Å². The number of hydrogen-bond acceptors (Lipinski definition) is 5. The van der Waals surface area contributed by atoms with E-state index in [1.54, 1.807) is 29.8 Å². The maximum absolute atomic E-state index is 12.8. The number of aryl methyl sites for hydroxylation is 2. The lowest BCUT2D eigenvalue weighted by molar-refractivity contribution is -0.389. The van der Waals surface area contributed by atoms with Crippen LogP contribution in [0.15, 0.2) is 30.3 Å². The Bertz CT molecular complexity index is 1110. The van der Waals surface area contributed by atoms with Gasteiger partial charge in [-0.1, -0.05) is 36.2 Å². The number of aromatic nitrogens is 4. The van der Waals surface area contributed by atoms with Gasteiger partial charge in [0.2, 0.25) is 0 Å². The Morgan fingerprint density at radius 2 is 1.90 bits per heavy atom. The van der Waals surface area contributed by atoms with E-state index in [1.165, 1.54) is 10.7 Å². The summed E-state index contributed by atoms with van der Waals surface area (Å²) in [6.45, 7) is 5.82. The first-order chi connectivity index (χ1) is 14.2. The molecule has 0 aliphatic heterocycles. The van der Waals surface area contributed by atoms with Gasteiger partial charge < -0.3 is 15.4 Å². The van der Waals surface area contributed by atoms with E-state index < -0.39 is 11.0 Å². The zero-order valence-corrected chi connectivity index (χ0v) is 18.1. The number of hydrogen-bond donors (Lipinski definition) is 1. The molecule has 1 amide bonds. The fourth-order valence-corrected chi connectivity index (χ4v) is 3.42. The van der Waals surface area contributed by atoms with Crippen molar-refractivity contribution >= 4 is 40.7 Å². The molecular weight excluding hydrogens is 431 g/mol. The molecule has 0 aliphatic carbocycles. The molecule has 3 aromatic rings. The Kier molecular flexibility index (Phi) is 6.42. The predicted octanol–water partition coefficient (Wildman–Crippen LogP) is 4.55. The standard InChI is InChI=1S/C19H20Cl2N6O3/c1-4-16(26-12(3)8-18(24-26)27(29)30)19(28)22-17-7-11(2)25(23-17)10-13-5-6-14(20)15(21)9-13/h5-9,16H,4,10H2,1-3H3,(H,22,23,28). The van der Waals surface area contributed by atoms with Crippen molar-refractivity contribution in [2.75, 3.05) is 5.32 Å². The van der Waals surface area contributed by atoms with Crippen LogP contribution in [0.4, 0.5) is 11.6 Å². The monoisotopic (exact) mass is 450 g/mol. The third-order valence-corrected chi connectivity index (χ3v) is 5.37. The Morgan fingerprint density at radius 3 is 2.50 bits per heavy atom. The van der Waals surface area contributed by atoms with Gasteiger partial charge in [0.15, 0.2) is 11.9 Å². The number of rotatable bonds is 7. The van der Waals surface area contributed by atoms with Gasteiger partial charge in [0, 0.05) is 11.8 Å². The molecule has 0 spiro atoms. The normalized spacial score (nSPS) is 12.0. The molecule has 1 unspecified atom stereocenters. The summed E-state index contributed by atoms with van der Waals surface area (Å²) in [7, 11) is 0. The third kappa shape index (κ3) is 4.63. The SMILES string of the molecule is CCC(C(=O)Nc1cc(C)n(Cc2ccc(Cl)c(Cl)c2)n1)n1nc([N+](=O)[O-])cc1C. The van der Waals surface area contributed by atoms with Gasteiger partial charge in [-0.25, -0.2) is 0 Å². The van der Waals surface area contributed by atoms with Crippen LogP contribution in [0.3, 0.4) is 0 Å². The van der Waals surface area contributed by atoms with Crippen molar-refractivity contribution in [2.45, 2.75) is 39.8 Å². The minimum absolute atomic E-state index is 0.291. The maximum Gasteiger partial charge on any atom is 0.390 e. The van der Waals surface area contributed by atoms with E-state index in [2.05, 4.69) is 15.5 Å². The summed E-state index contributed by atoms with van der Waals surface area (Å²) in [6, 6.07) is 7.74. The predicted molar refractivity (Wildman–Crippen MR) is 114 cm³/mol. The highest BCUT2D eigenvalue weighted by Crippen LogP contribution is 2.24. The van der Waals surface area contributed by atoms with E-state index in [9.17, 15) is 14.9 Å². The molecule has 158 valence electrons. The van der Waals surface area contributed by atoms with Crippen molar-refractivity contribution in [1.82, 2.24) is 19.6 Å². The summed E-state index contributed by atoms with van der Waals surface area (Å²) in [4.78, 5) is 23.2. The summed E-state index contributed by atoms with van der Waals surface area (Å²) in [5.74, 6) is -0.256. The molecule has 0 saturated heterocycles. The first-order valence-corrected chi connectivity index (χ1v) is 9.95. The van der Waals surface area contributed by atoms with E-state index in [-0.39, 0.29) is 11.7 Å². The number of nitrogens with one attached hydrogen (secondary N) is 1. The van der Waals surface area contributed by atoms with Crippen LogP contribution in [0.2, 0.25) is 10.0 Å². The number of halogens is 2. The lowest BCUT2D eigenvalue weighted by Gasteiger charge is -2.13. The van der Waals surface area contributed by atoms with Crippen LogP contribution in [0.25, 0.3) is 0 Å². The first-order valence-electron chi connectivity index (χ1n) is 9.19. The van der Waals surface area contributed by atoms with Gasteiger partial charge in [0.1, 0.15) is 0 Å². The van der Waals surface area contributed by atoms with Gasteiger partial charge in [-0.15, -0.1) is 0 Å². The Labute approximate surface area is 182 Å². The Hall–Kier alpha value is -2.91.